The van der Waals surface area contributed by atoms with Crippen LogP contribution in [0.2, 0.25) is 0 Å². The predicted octanol–water partition coefficient (Wildman–Crippen LogP) is 3.36. The number of aromatic nitrogens is 2. The largest absolute Gasteiger partial charge is 0.377 e. The molecule has 0 spiro atoms. The van der Waals surface area contributed by atoms with Crippen molar-refractivity contribution in [2.75, 3.05) is 30.9 Å². The van der Waals surface area contributed by atoms with Crippen molar-refractivity contribution in [2.45, 2.75) is 44.1 Å². The van der Waals surface area contributed by atoms with Crippen LogP contribution in [0, 0.1) is 0 Å². The second-order valence-corrected chi connectivity index (χ2v) is 9.16. The topological polar surface area (TPSA) is 62.3 Å². The van der Waals surface area contributed by atoms with Crippen LogP contribution < -0.4 is 15.5 Å². The van der Waals surface area contributed by atoms with Gasteiger partial charge in [-0.25, -0.2) is 9.97 Å². The summed E-state index contributed by atoms with van der Waals surface area (Å²) in [7, 11) is 0. The van der Waals surface area contributed by atoms with Crippen molar-refractivity contribution in [3.8, 4) is 11.4 Å². The number of hydrogen-bond acceptors (Lipinski definition) is 6. The van der Waals surface area contributed by atoms with Gasteiger partial charge in [-0.15, -0.1) is 0 Å². The van der Waals surface area contributed by atoms with Gasteiger partial charge in [0.15, 0.2) is 10.9 Å². The highest BCUT2D eigenvalue weighted by Gasteiger charge is 2.22. The third-order valence-electron chi connectivity index (χ3n) is 5.30. The van der Waals surface area contributed by atoms with Crippen molar-refractivity contribution < 1.29 is 4.74 Å². The number of nitrogens with one attached hydrogen (secondary N) is 2. The standard InChI is InChI=1S/C22H29N5OS2/c1-15-13-28-10-9-27(15)20-11-19(14-30-2)24-21(26-20)17-5-3-16(4-6-17)12-23-22(29)25-18-7-8-18/h3-6,11,15,18H,7-10,12-14H2,1-2H3,(H2,23,25,29)/t15-/m0/s1. The lowest BCUT2D eigenvalue weighted by molar-refractivity contribution is 0.0985. The fourth-order valence-corrected chi connectivity index (χ4v) is 4.15. The van der Waals surface area contributed by atoms with Crippen LogP contribution in [-0.2, 0) is 17.0 Å². The molecule has 1 aliphatic carbocycles. The van der Waals surface area contributed by atoms with Crippen molar-refractivity contribution in [2.24, 2.45) is 0 Å². The molecule has 2 N–H and O–H groups in total. The highest BCUT2D eigenvalue weighted by Crippen LogP contribution is 2.25. The maximum Gasteiger partial charge on any atom is 0.166 e. The molecule has 8 heteroatoms. The first-order chi connectivity index (χ1) is 14.6. The third kappa shape index (κ3) is 5.62. The van der Waals surface area contributed by atoms with Gasteiger partial charge in [0.2, 0.25) is 0 Å². The third-order valence-corrected chi connectivity index (χ3v) is 6.14. The average molecular weight is 444 g/mol. The van der Waals surface area contributed by atoms with Gasteiger partial charge in [-0.2, -0.15) is 11.8 Å². The maximum atomic E-state index is 5.59. The number of ether oxygens (including phenoxy) is 1. The fourth-order valence-electron chi connectivity index (χ4n) is 3.47. The summed E-state index contributed by atoms with van der Waals surface area (Å²) in [6.45, 7) is 5.22. The van der Waals surface area contributed by atoms with Crippen LogP contribution in [0.25, 0.3) is 11.4 Å². The number of hydrogen-bond donors (Lipinski definition) is 2. The molecular weight excluding hydrogens is 414 g/mol. The lowest BCUT2D eigenvalue weighted by Crippen LogP contribution is -2.44. The van der Waals surface area contributed by atoms with E-state index in [1.54, 1.807) is 11.8 Å². The SMILES string of the molecule is CSCc1cc(N2CCOC[C@@H]2C)nc(-c2ccc(CNC(=S)NC3CC3)cc2)n1. The number of rotatable bonds is 7. The lowest BCUT2D eigenvalue weighted by Gasteiger charge is -2.34. The first-order valence-electron chi connectivity index (χ1n) is 10.5. The number of thioether (sulfide) groups is 1. The van der Waals surface area contributed by atoms with Crippen LogP contribution in [0.5, 0.6) is 0 Å². The van der Waals surface area contributed by atoms with Crippen molar-refractivity contribution >= 4 is 34.9 Å². The maximum absolute atomic E-state index is 5.59. The highest BCUT2D eigenvalue weighted by atomic mass is 32.2. The Morgan fingerprint density at radius 3 is 2.77 bits per heavy atom. The summed E-state index contributed by atoms with van der Waals surface area (Å²) in [5.41, 5.74) is 3.27. The van der Waals surface area contributed by atoms with E-state index in [4.69, 9.17) is 26.9 Å². The van der Waals surface area contributed by atoms with E-state index >= 15 is 0 Å². The summed E-state index contributed by atoms with van der Waals surface area (Å²) in [6.07, 6.45) is 4.54. The Hall–Kier alpha value is -1.90. The predicted molar refractivity (Wildman–Crippen MR) is 128 cm³/mol. The Kier molecular flexibility index (Phi) is 7.07. The molecule has 2 aromatic rings. The summed E-state index contributed by atoms with van der Waals surface area (Å²) in [5, 5.41) is 7.32. The molecular formula is C22H29N5OS2. The molecule has 0 radical (unpaired) electrons. The van der Waals surface area contributed by atoms with E-state index in [0.717, 1.165) is 53.5 Å². The fraction of sp³-hybridized carbons (Fsp3) is 0.500. The summed E-state index contributed by atoms with van der Waals surface area (Å²) < 4.78 is 5.59. The smallest absolute Gasteiger partial charge is 0.166 e. The van der Waals surface area contributed by atoms with E-state index in [1.165, 1.54) is 18.4 Å². The number of thiocarbonyl (C=S) groups is 1. The molecule has 2 fully saturated rings. The van der Waals surface area contributed by atoms with E-state index in [0.29, 0.717) is 18.6 Å². The normalized spacial score (nSPS) is 18.9. The van der Waals surface area contributed by atoms with Gasteiger partial charge in [-0.3, -0.25) is 0 Å². The quantitative estimate of drug-likeness (QED) is 0.632. The van der Waals surface area contributed by atoms with Crippen LogP contribution in [0.15, 0.2) is 30.3 Å². The van der Waals surface area contributed by atoms with Gasteiger partial charge in [-0.05, 0) is 43.8 Å². The first kappa shape index (κ1) is 21.3. The minimum absolute atomic E-state index is 0.310. The van der Waals surface area contributed by atoms with Gasteiger partial charge >= 0.3 is 0 Å². The zero-order valence-corrected chi connectivity index (χ0v) is 19.2. The lowest BCUT2D eigenvalue weighted by atomic mass is 10.1. The average Bonchev–Trinajstić information content (AvgIpc) is 3.57. The van der Waals surface area contributed by atoms with E-state index in [9.17, 15) is 0 Å². The summed E-state index contributed by atoms with van der Waals surface area (Å²) in [5.74, 6) is 2.64. The summed E-state index contributed by atoms with van der Waals surface area (Å²) in [6, 6.07) is 11.4. The van der Waals surface area contributed by atoms with E-state index in [-0.39, 0.29) is 0 Å². The molecule has 1 aromatic heterocycles. The van der Waals surface area contributed by atoms with Crippen LogP contribution in [0.1, 0.15) is 31.0 Å². The van der Waals surface area contributed by atoms with Gasteiger partial charge < -0.3 is 20.3 Å². The van der Waals surface area contributed by atoms with E-state index in [2.05, 4.69) is 59.0 Å². The zero-order chi connectivity index (χ0) is 20.9. The second-order valence-electron chi connectivity index (χ2n) is 7.89. The van der Waals surface area contributed by atoms with Crippen LogP contribution >= 0.6 is 24.0 Å². The van der Waals surface area contributed by atoms with E-state index < -0.39 is 0 Å². The number of nitrogens with zero attached hydrogens (tertiary/aromatic N) is 3. The Labute approximate surface area is 188 Å². The van der Waals surface area contributed by atoms with Crippen LogP contribution in [0.3, 0.4) is 0 Å². The molecule has 1 saturated carbocycles. The Bertz CT molecular complexity index is 872. The monoisotopic (exact) mass is 443 g/mol. The van der Waals surface area contributed by atoms with Gasteiger partial charge in [0, 0.05) is 36.5 Å². The molecule has 0 amide bonds. The minimum atomic E-state index is 0.310. The Morgan fingerprint density at radius 1 is 1.27 bits per heavy atom. The summed E-state index contributed by atoms with van der Waals surface area (Å²) in [4.78, 5) is 12.1. The molecule has 1 saturated heterocycles. The molecule has 30 heavy (non-hydrogen) atoms. The van der Waals surface area contributed by atoms with Crippen molar-refractivity contribution in [1.82, 2.24) is 20.6 Å². The minimum Gasteiger partial charge on any atom is -0.377 e. The highest BCUT2D eigenvalue weighted by molar-refractivity contribution is 7.97. The van der Waals surface area contributed by atoms with Gasteiger partial charge in [0.25, 0.3) is 0 Å². The molecule has 1 aromatic carbocycles. The molecule has 1 aliphatic heterocycles. The molecule has 4 rings (SSSR count). The van der Waals surface area contributed by atoms with Gasteiger partial charge in [0.1, 0.15) is 5.82 Å². The number of benzene rings is 1. The molecule has 2 heterocycles. The van der Waals surface area contributed by atoms with Crippen molar-refractivity contribution in [3.63, 3.8) is 0 Å². The molecule has 2 aliphatic rings. The Morgan fingerprint density at radius 2 is 2.07 bits per heavy atom. The molecule has 160 valence electrons. The van der Waals surface area contributed by atoms with Crippen molar-refractivity contribution in [1.29, 1.82) is 0 Å². The number of anilines is 1. The van der Waals surface area contributed by atoms with E-state index in [1.807, 2.05) is 0 Å². The summed E-state index contributed by atoms with van der Waals surface area (Å²) >= 11 is 7.11. The molecule has 1 atom stereocenters. The van der Waals surface area contributed by atoms with Crippen LogP contribution in [-0.4, -0.2) is 53.2 Å². The molecule has 0 bridgehead atoms. The molecule has 0 unspecified atom stereocenters. The zero-order valence-electron chi connectivity index (χ0n) is 17.6. The Balaban J connectivity index is 1.49. The second kappa shape index (κ2) is 9.94. The van der Waals surface area contributed by atoms with Crippen LogP contribution in [0.4, 0.5) is 5.82 Å². The van der Waals surface area contributed by atoms with Gasteiger partial charge in [-0.1, -0.05) is 24.3 Å². The van der Waals surface area contributed by atoms with Gasteiger partial charge in [0.05, 0.1) is 24.9 Å². The first-order valence-corrected chi connectivity index (χ1v) is 12.3. The molecule has 6 nitrogen and oxygen atoms in total. The number of morpholine rings is 1. The van der Waals surface area contributed by atoms with Crippen molar-refractivity contribution in [3.05, 3.63) is 41.6 Å².